The number of aryl methyl sites for hydroxylation is 1. The Kier molecular flexibility index (Phi) is 3.86. The summed E-state index contributed by atoms with van der Waals surface area (Å²) in [6, 6.07) is 2.14. The predicted molar refractivity (Wildman–Crippen MR) is 90.6 cm³/mol. The highest BCUT2D eigenvalue weighted by atomic mass is 35.5. The van der Waals surface area contributed by atoms with Gasteiger partial charge in [0, 0.05) is 16.5 Å². The number of thiophene rings is 1. The lowest BCUT2D eigenvalue weighted by Crippen LogP contribution is -2.28. The molecule has 0 bridgehead atoms. The van der Waals surface area contributed by atoms with E-state index in [0.717, 1.165) is 27.5 Å². The number of rotatable bonds is 4. The van der Waals surface area contributed by atoms with Crippen LogP contribution in [0, 0.1) is 0 Å². The maximum absolute atomic E-state index is 6.06. The SMILES string of the molecule is CCc1cc2c(NC(C)(C)c3nccs3)nc(Cl)nc2s1. The average Bonchev–Trinajstić information content (AvgIpc) is 3.07. The van der Waals surface area contributed by atoms with Crippen molar-refractivity contribution >= 4 is 50.3 Å². The minimum Gasteiger partial charge on any atom is -0.358 e. The number of nitrogens with one attached hydrogen (secondary N) is 1. The summed E-state index contributed by atoms with van der Waals surface area (Å²) in [5, 5.41) is 7.73. The monoisotopic (exact) mass is 338 g/mol. The molecule has 3 heterocycles. The molecule has 0 radical (unpaired) electrons. The van der Waals surface area contributed by atoms with E-state index >= 15 is 0 Å². The first-order valence-corrected chi connectivity index (χ1v) is 8.71. The summed E-state index contributed by atoms with van der Waals surface area (Å²) in [5.74, 6) is 0.765. The van der Waals surface area contributed by atoms with Crippen LogP contribution in [0.2, 0.25) is 5.28 Å². The van der Waals surface area contributed by atoms with Crippen LogP contribution in [0.5, 0.6) is 0 Å². The molecule has 3 aromatic heterocycles. The minimum absolute atomic E-state index is 0.268. The summed E-state index contributed by atoms with van der Waals surface area (Å²) in [6.45, 7) is 6.30. The van der Waals surface area contributed by atoms with Crippen LogP contribution in [0.1, 0.15) is 30.7 Å². The van der Waals surface area contributed by atoms with Gasteiger partial charge < -0.3 is 5.32 Å². The number of nitrogens with zero attached hydrogens (tertiary/aromatic N) is 3. The predicted octanol–water partition coefficient (Wildman–Crippen LogP) is 4.71. The lowest BCUT2D eigenvalue weighted by Gasteiger charge is -2.24. The van der Waals surface area contributed by atoms with Gasteiger partial charge in [-0.15, -0.1) is 22.7 Å². The van der Waals surface area contributed by atoms with Crippen molar-refractivity contribution in [3.8, 4) is 0 Å². The van der Waals surface area contributed by atoms with Crippen LogP contribution in [0.15, 0.2) is 17.6 Å². The summed E-state index contributed by atoms with van der Waals surface area (Å²) in [5.41, 5.74) is -0.312. The van der Waals surface area contributed by atoms with Gasteiger partial charge in [0.2, 0.25) is 5.28 Å². The van der Waals surface area contributed by atoms with Crippen LogP contribution in [-0.2, 0) is 12.0 Å². The van der Waals surface area contributed by atoms with Crippen LogP contribution in [0.4, 0.5) is 5.82 Å². The van der Waals surface area contributed by atoms with Crippen LogP contribution in [0.25, 0.3) is 10.2 Å². The van der Waals surface area contributed by atoms with Gasteiger partial charge in [-0.2, -0.15) is 0 Å². The van der Waals surface area contributed by atoms with Crippen LogP contribution < -0.4 is 5.32 Å². The van der Waals surface area contributed by atoms with E-state index < -0.39 is 0 Å². The Morgan fingerprint density at radius 2 is 2.14 bits per heavy atom. The molecule has 0 spiro atoms. The summed E-state index contributed by atoms with van der Waals surface area (Å²) >= 11 is 9.34. The third-order valence-corrected chi connectivity index (χ3v) is 5.60. The molecule has 0 aliphatic carbocycles. The molecule has 0 aliphatic rings. The Bertz CT molecular complexity index is 765. The van der Waals surface area contributed by atoms with Gasteiger partial charge in [-0.1, -0.05) is 6.92 Å². The van der Waals surface area contributed by atoms with Gasteiger partial charge in [0.1, 0.15) is 15.7 Å². The number of hydrogen-bond acceptors (Lipinski definition) is 6. The van der Waals surface area contributed by atoms with Gasteiger partial charge in [0.25, 0.3) is 0 Å². The molecule has 21 heavy (non-hydrogen) atoms. The molecule has 0 saturated heterocycles. The van der Waals surface area contributed by atoms with Crippen LogP contribution >= 0.6 is 34.3 Å². The molecular formula is C14H15ClN4S2. The van der Waals surface area contributed by atoms with E-state index in [2.05, 4.69) is 47.1 Å². The lowest BCUT2D eigenvalue weighted by atomic mass is 10.1. The van der Waals surface area contributed by atoms with E-state index in [-0.39, 0.29) is 10.8 Å². The third-order valence-electron chi connectivity index (χ3n) is 3.16. The van der Waals surface area contributed by atoms with Crippen molar-refractivity contribution in [3.63, 3.8) is 0 Å². The fourth-order valence-electron chi connectivity index (χ4n) is 2.10. The third kappa shape index (κ3) is 2.88. The molecule has 3 rings (SSSR count). The fourth-order valence-corrected chi connectivity index (χ4v) is 4.00. The van der Waals surface area contributed by atoms with Gasteiger partial charge in [0.15, 0.2) is 0 Å². The zero-order valence-corrected chi connectivity index (χ0v) is 14.4. The first-order chi connectivity index (χ1) is 9.99. The summed E-state index contributed by atoms with van der Waals surface area (Å²) in [6.07, 6.45) is 2.79. The van der Waals surface area contributed by atoms with E-state index in [1.54, 1.807) is 22.7 Å². The Balaban J connectivity index is 2.05. The number of aromatic nitrogens is 3. The van der Waals surface area contributed by atoms with Crippen molar-refractivity contribution in [1.82, 2.24) is 15.0 Å². The van der Waals surface area contributed by atoms with E-state index in [4.69, 9.17) is 11.6 Å². The molecule has 7 heteroatoms. The molecule has 4 nitrogen and oxygen atoms in total. The molecule has 0 saturated carbocycles. The molecule has 0 aliphatic heterocycles. The molecular weight excluding hydrogens is 324 g/mol. The van der Waals surface area contributed by atoms with E-state index in [0.29, 0.717) is 0 Å². The van der Waals surface area contributed by atoms with Crippen molar-refractivity contribution < 1.29 is 0 Å². The topological polar surface area (TPSA) is 50.7 Å². The number of hydrogen-bond donors (Lipinski definition) is 1. The molecule has 0 atom stereocenters. The van der Waals surface area contributed by atoms with Crippen molar-refractivity contribution in [1.29, 1.82) is 0 Å². The normalized spacial score (nSPS) is 12.0. The zero-order chi connectivity index (χ0) is 15.0. The molecule has 0 amide bonds. The van der Waals surface area contributed by atoms with Crippen molar-refractivity contribution in [2.24, 2.45) is 0 Å². The number of thiazole rings is 1. The van der Waals surface area contributed by atoms with Gasteiger partial charge in [-0.05, 0) is 37.9 Å². The van der Waals surface area contributed by atoms with Crippen LogP contribution in [-0.4, -0.2) is 15.0 Å². The quantitative estimate of drug-likeness (QED) is 0.700. The number of anilines is 1. The van der Waals surface area contributed by atoms with Gasteiger partial charge in [0.05, 0.1) is 10.9 Å². The average molecular weight is 339 g/mol. The van der Waals surface area contributed by atoms with E-state index in [1.165, 1.54) is 4.88 Å². The van der Waals surface area contributed by atoms with Gasteiger partial charge >= 0.3 is 0 Å². The van der Waals surface area contributed by atoms with Crippen molar-refractivity contribution in [2.75, 3.05) is 5.32 Å². The smallest absolute Gasteiger partial charge is 0.225 e. The maximum Gasteiger partial charge on any atom is 0.225 e. The highest BCUT2D eigenvalue weighted by Crippen LogP contribution is 2.34. The summed E-state index contributed by atoms with van der Waals surface area (Å²) in [4.78, 5) is 15.3. The zero-order valence-electron chi connectivity index (χ0n) is 12.0. The molecule has 3 aromatic rings. The number of halogens is 1. The Morgan fingerprint density at radius 1 is 1.33 bits per heavy atom. The first kappa shape index (κ1) is 14.7. The van der Waals surface area contributed by atoms with Gasteiger partial charge in [-0.3, -0.25) is 0 Å². The first-order valence-electron chi connectivity index (χ1n) is 6.63. The minimum atomic E-state index is -0.312. The second kappa shape index (κ2) is 5.51. The van der Waals surface area contributed by atoms with E-state index in [9.17, 15) is 0 Å². The highest BCUT2D eigenvalue weighted by molar-refractivity contribution is 7.18. The maximum atomic E-state index is 6.06. The summed E-state index contributed by atoms with van der Waals surface area (Å²) in [7, 11) is 0. The van der Waals surface area contributed by atoms with Crippen LogP contribution in [0.3, 0.4) is 0 Å². The molecule has 0 unspecified atom stereocenters. The van der Waals surface area contributed by atoms with Crippen molar-refractivity contribution in [2.45, 2.75) is 32.7 Å². The Labute approximate surface area is 136 Å². The standard InChI is InChI=1S/C14H15ClN4S2/c1-4-8-7-9-10(17-13(15)18-11(9)21-8)19-14(2,3)12-16-5-6-20-12/h5-7H,4H2,1-3H3,(H,17,18,19). The molecule has 0 aromatic carbocycles. The second-order valence-electron chi connectivity index (χ2n) is 5.21. The molecule has 110 valence electrons. The van der Waals surface area contributed by atoms with Gasteiger partial charge in [-0.25, -0.2) is 15.0 Å². The number of fused-ring (bicyclic) bond motifs is 1. The fraction of sp³-hybridized carbons (Fsp3) is 0.357. The van der Waals surface area contributed by atoms with Crippen molar-refractivity contribution in [3.05, 3.63) is 32.8 Å². The second-order valence-corrected chi connectivity index (χ2v) is 7.56. The van der Waals surface area contributed by atoms with E-state index in [1.807, 2.05) is 11.6 Å². The molecule has 0 fully saturated rings. The Hall–Kier alpha value is -1.24. The largest absolute Gasteiger partial charge is 0.358 e. The highest BCUT2D eigenvalue weighted by Gasteiger charge is 2.25. The summed E-state index contributed by atoms with van der Waals surface area (Å²) < 4.78 is 0. The lowest BCUT2D eigenvalue weighted by molar-refractivity contribution is 0.602. The Morgan fingerprint density at radius 3 is 2.81 bits per heavy atom. The molecule has 1 N–H and O–H groups in total.